The van der Waals surface area contributed by atoms with Gasteiger partial charge in [-0.05, 0) is 24.6 Å². The van der Waals surface area contributed by atoms with Gasteiger partial charge >= 0.3 is 0 Å². The third-order valence-electron chi connectivity index (χ3n) is 1.99. The third kappa shape index (κ3) is 4.83. The van der Waals surface area contributed by atoms with Gasteiger partial charge in [-0.1, -0.05) is 18.1 Å². The number of aliphatic hydroxyl groups is 1. The van der Waals surface area contributed by atoms with Crippen LogP contribution in [0.2, 0.25) is 0 Å². The Morgan fingerprint density at radius 1 is 1.56 bits per heavy atom. The van der Waals surface area contributed by atoms with Crippen molar-refractivity contribution in [1.29, 1.82) is 0 Å². The van der Waals surface area contributed by atoms with Crippen molar-refractivity contribution in [2.24, 2.45) is 0 Å². The molecule has 16 heavy (non-hydrogen) atoms. The fourth-order valence-corrected chi connectivity index (χ4v) is 1.30. The van der Waals surface area contributed by atoms with E-state index in [-0.39, 0.29) is 12.7 Å². The molecule has 0 fully saturated rings. The van der Waals surface area contributed by atoms with E-state index in [1.54, 1.807) is 6.92 Å². The molecule has 0 spiro atoms. The first-order chi connectivity index (χ1) is 7.72. The number of nitrogens with one attached hydrogen (secondary N) is 1. The smallest absolute Gasteiger partial charge is 0.148 e. The van der Waals surface area contributed by atoms with Crippen molar-refractivity contribution in [3.8, 4) is 18.1 Å². The molecule has 3 heteroatoms. The van der Waals surface area contributed by atoms with Crippen LogP contribution >= 0.6 is 0 Å². The second-order valence-electron chi connectivity index (χ2n) is 3.62. The van der Waals surface area contributed by atoms with Gasteiger partial charge in [0.05, 0.1) is 6.10 Å². The summed E-state index contributed by atoms with van der Waals surface area (Å²) in [5.74, 6) is 3.20. The minimum Gasteiger partial charge on any atom is -0.481 e. The number of aliphatic hydroxyl groups excluding tert-OH is 1. The monoisotopic (exact) mass is 219 g/mol. The molecule has 0 heterocycles. The van der Waals surface area contributed by atoms with E-state index in [1.807, 2.05) is 24.3 Å². The number of rotatable bonds is 6. The van der Waals surface area contributed by atoms with Crippen LogP contribution in [0.25, 0.3) is 0 Å². The van der Waals surface area contributed by atoms with Crippen molar-refractivity contribution in [3.63, 3.8) is 0 Å². The molecule has 0 bridgehead atoms. The normalized spacial score (nSPS) is 11.8. The largest absolute Gasteiger partial charge is 0.481 e. The van der Waals surface area contributed by atoms with Crippen LogP contribution in [0.4, 0.5) is 0 Å². The van der Waals surface area contributed by atoms with Gasteiger partial charge in [-0.3, -0.25) is 0 Å². The summed E-state index contributed by atoms with van der Waals surface area (Å²) in [5, 5.41) is 12.2. The van der Waals surface area contributed by atoms with E-state index in [0.29, 0.717) is 13.1 Å². The first kappa shape index (κ1) is 12.6. The SMILES string of the molecule is C#CCOc1cccc(CNCC(C)O)c1. The second kappa shape index (κ2) is 6.89. The van der Waals surface area contributed by atoms with Crippen LogP contribution in [0, 0.1) is 12.3 Å². The Kier molecular flexibility index (Phi) is 5.41. The average molecular weight is 219 g/mol. The fraction of sp³-hybridized carbons (Fsp3) is 0.385. The minimum atomic E-state index is -0.333. The van der Waals surface area contributed by atoms with E-state index in [9.17, 15) is 0 Å². The van der Waals surface area contributed by atoms with Crippen LogP contribution in [0.15, 0.2) is 24.3 Å². The van der Waals surface area contributed by atoms with E-state index in [0.717, 1.165) is 11.3 Å². The fourth-order valence-electron chi connectivity index (χ4n) is 1.30. The molecule has 1 aromatic rings. The minimum absolute atomic E-state index is 0.282. The van der Waals surface area contributed by atoms with Gasteiger partial charge in [-0.25, -0.2) is 0 Å². The first-order valence-corrected chi connectivity index (χ1v) is 5.26. The molecule has 1 atom stereocenters. The molecular weight excluding hydrogens is 202 g/mol. The van der Waals surface area contributed by atoms with E-state index < -0.39 is 0 Å². The first-order valence-electron chi connectivity index (χ1n) is 5.26. The predicted molar refractivity (Wildman–Crippen MR) is 64.2 cm³/mol. The van der Waals surface area contributed by atoms with Gasteiger partial charge in [0, 0.05) is 13.1 Å². The predicted octanol–water partition coefficient (Wildman–Crippen LogP) is 1.17. The summed E-state index contributed by atoms with van der Waals surface area (Å²) >= 11 is 0. The van der Waals surface area contributed by atoms with Crippen LogP contribution in [-0.4, -0.2) is 24.4 Å². The molecule has 0 aromatic heterocycles. The second-order valence-corrected chi connectivity index (χ2v) is 3.62. The highest BCUT2D eigenvalue weighted by Crippen LogP contribution is 2.12. The summed E-state index contributed by atoms with van der Waals surface area (Å²) in [5.41, 5.74) is 1.11. The Morgan fingerprint density at radius 3 is 3.06 bits per heavy atom. The molecule has 2 N–H and O–H groups in total. The molecule has 1 aromatic carbocycles. The zero-order chi connectivity index (χ0) is 11.8. The summed E-state index contributed by atoms with van der Waals surface area (Å²) in [7, 11) is 0. The summed E-state index contributed by atoms with van der Waals surface area (Å²) in [6, 6.07) is 7.73. The van der Waals surface area contributed by atoms with Gasteiger partial charge in [-0.15, -0.1) is 6.42 Å². The zero-order valence-corrected chi connectivity index (χ0v) is 9.44. The van der Waals surface area contributed by atoms with Gasteiger partial charge < -0.3 is 15.2 Å². The van der Waals surface area contributed by atoms with Crippen LogP contribution in [0.3, 0.4) is 0 Å². The molecule has 0 aliphatic heterocycles. The Bertz CT molecular complexity index is 355. The van der Waals surface area contributed by atoms with Crippen molar-refractivity contribution in [1.82, 2.24) is 5.32 Å². The van der Waals surface area contributed by atoms with Gasteiger partial charge in [0.1, 0.15) is 12.4 Å². The van der Waals surface area contributed by atoms with E-state index in [1.165, 1.54) is 0 Å². The number of benzene rings is 1. The molecule has 0 radical (unpaired) electrons. The lowest BCUT2D eigenvalue weighted by molar-refractivity contribution is 0.191. The van der Waals surface area contributed by atoms with Crippen molar-refractivity contribution >= 4 is 0 Å². The van der Waals surface area contributed by atoms with Crippen molar-refractivity contribution in [3.05, 3.63) is 29.8 Å². The van der Waals surface area contributed by atoms with Gasteiger partial charge in [0.2, 0.25) is 0 Å². The molecule has 0 amide bonds. The van der Waals surface area contributed by atoms with Gasteiger partial charge in [-0.2, -0.15) is 0 Å². The molecule has 0 saturated carbocycles. The highest BCUT2D eigenvalue weighted by Gasteiger charge is 1.98. The molecule has 0 aliphatic carbocycles. The number of hydrogen-bond donors (Lipinski definition) is 2. The van der Waals surface area contributed by atoms with E-state index in [4.69, 9.17) is 16.3 Å². The Balaban J connectivity index is 2.44. The van der Waals surface area contributed by atoms with Gasteiger partial charge in [0.15, 0.2) is 0 Å². The van der Waals surface area contributed by atoms with Crippen LogP contribution < -0.4 is 10.1 Å². The lowest BCUT2D eigenvalue weighted by Crippen LogP contribution is -2.23. The molecule has 86 valence electrons. The molecular formula is C13H17NO2. The number of ether oxygens (including phenoxy) is 1. The summed E-state index contributed by atoms with van der Waals surface area (Å²) in [6.45, 7) is 3.32. The molecule has 0 saturated heterocycles. The highest BCUT2D eigenvalue weighted by atomic mass is 16.5. The van der Waals surface area contributed by atoms with E-state index in [2.05, 4.69) is 11.2 Å². The summed E-state index contributed by atoms with van der Waals surface area (Å²) in [6.07, 6.45) is 4.78. The van der Waals surface area contributed by atoms with Crippen molar-refractivity contribution in [2.45, 2.75) is 19.6 Å². The maximum absolute atomic E-state index is 9.09. The third-order valence-corrected chi connectivity index (χ3v) is 1.99. The number of terminal acetylenes is 1. The molecule has 3 nitrogen and oxygen atoms in total. The molecule has 0 aliphatic rings. The number of hydrogen-bond acceptors (Lipinski definition) is 3. The standard InChI is InChI=1S/C13H17NO2/c1-3-7-16-13-6-4-5-12(8-13)10-14-9-11(2)15/h1,4-6,8,11,14-15H,7,9-10H2,2H3. The topological polar surface area (TPSA) is 41.5 Å². The van der Waals surface area contributed by atoms with Gasteiger partial charge in [0.25, 0.3) is 0 Å². The Hall–Kier alpha value is -1.50. The quantitative estimate of drug-likeness (QED) is 0.706. The zero-order valence-electron chi connectivity index (χ0n) is 9.44. The van der Waals surface area contributed by atoms with Crippen molar-refractivity contribution in [2.75, 3.05) is 13.2 Å². The lowest BCUT2D eigenvalue weighted by Gasteiger charge is -2.08. The maximum atomic E-state index is 9.09. The maximum Gasteiger partial charge on any atom is 0.148 e. The Labute approximate surface area is 96.4 Å². The Morgan fingerprint density at radius 2 is 2.38 bits per heavy atom. The molecule has 1 unspecified atom stereocenters. The average Bonchev–Trinajstić information content (AvgIpc) is 2.26. The van der Waals surface area contributed by atoms with Crippen molar-refractivity contribution < 1.29 is 9.84 Å². The highest BCUT2D eigenvalue weighted by molar-refractivity contribution is 5.28. The van der Waals surface area contributed by atoms with Crippen LogP contribution in [0.5, 0.6) is 5.75 Å². The lowest BCUT2D eigenvalue weighted by atomic mass is 10.2. The summed E-state index contributed by atoms with van der Waals surface area (Å²) < 4.78 is 5.31. The van der Waals surface area contributed by atoms with E-state index >= 15 is 0 Å². The summed E-state index contributed by atoms with van der Waals surface area (Å²) in [4.78, 5) is 0. The van der Waals surface area contributed by atoms with Crippen LogP contribution in [0.1, 0.15) is 12.5 Å². The van der Waals surface area contributed by atoms with Crippen LogP contribution in [-0.2, 0) is 6.54 Å². The molecule has 1 rings (SSSR count).